The molecule has 0 saturated heterocycles. The molecule has 0 aromatic carbocycles. The van der Waals surface area contributed by atoms with Crippen molar-refractivity contribution >= 4 is 5.95 Å². The highest BCUT2D eigenvalue weighted by atomic mass is 15.2. The molecule has 1 heterocycles. The van der Waals surface area contributed by atoms with Crippen molar-refractivity contribution in [3.8, 4) is 0 Å². The van der Waals surface area contributed by atoms with Crippen LogP contribution < -0.4 is 5.32 Å². The zero-order chi connectivity index (χ0) is 12.1. The van der Waals surface area contributed by atoms with E-state index in [0.717, 1.165) is 37.3 Å². The number of rotatable bonds is 5. The smallest absolute Gasteiger partial charge is 0.202 e. The lowest BCUT2D eigenvalue weighted by Crippen LogP contribution is -2.25. The zero-order valence-electron chi connectivity index (χ0n) is 11.2. The summed E-state index contributed by atoms with van der Waals surface area (Å²) in [5.74, 6) is 2.74. The van der Waals surface area contributed by atoms with Crippen LogP contribution in [0, 0.1) is 11.8 Å². The van der Waals surface area contributed by atoms with Crippen molar-refractivity contribution in [2.24, 2.45) is 11.8 Å². The molecule has 1 aliphatic carbocycles. The van der Waals surface area contributed by atoms with Crippen molar-refractivity contribution < 1.29 is 0 Å². The fourth-order valence-electron chi connectivity index (χ4n) is 2.82. The van der Waals surface area contributed by atoms with E-state index in [0.29, 0.717) is 0 Å². The Bertz CT molecular complexity index is 332. The number of aryl methyl sites for hydroxylation is 1. The molecule has 0 radical (unpaired) electrons. The molecule has 2 rings (SSSR count). The molecule has 3 nitrogen and oxygen atoms in total. The summed E-state index contributed by atoms with van der Waals surface area (Å²) in [6.45, 7) is 6.74. The van der Waals surface area contributed by atoms with Gasteiger partial charge in [-0.25, -0.2) is 4.98 Å². The minimum atomic E-state index is 0.829. The fraction of sp³-hybridized carbons (Fsp3) is 0.786. The minimum absolute atomic E-state index is 0.829. The third-order valence-electron chi connectivity index (χ3n) is 3.99. The summed E-state index contributed by atoms with van der Waals surface area (Å²) in [5, 5.41) is 3.53. The zero-order valence-corrected chi connectivity index (χ0v) is 11.2. The van der Waals surface area contributed by atoms with E-state index < -0.39 is 0 Å². The van der Waals surface area contributed by atoms with E-state index in [-0.39, 0.29) is 0 Å². The maximum absolute atomic E-state index is 4.40. The Morgan fingerprint density at radius 2 is 2.24 bits per heavy atom. The molecule has 0 bridgehead atoms. The Labute approximate surface area is 105 Å². The van der Waals surface area contributed by atoms with Gasteiger partial charge in [-0.3, -0.25) is 0 Å². The van der Waals surface area contributed by atoms with Gasteiger partial charge in [-0.15, -0.1) is 0 Å². The second-order valence-corrected chi connectivity index (χ2v) is 5.35. The first-order chi connectivity index (χ1) is 8.31. The van der Waals surface area contributed by atoms with E-state index >= 15 is 0 Å². The van der Waals surface area contributed by atoms with Crippen LogP contribution in [0.4, 0.5) is 5.95 Å². The minimum Gasteiger partial charge on any atom is -0.355 e. The van der Waals surface area contributed by atoms with Gasteiger partial charge in [-0.2, -0.15) is 0 Å². The third kappa shape index (κ3) is 3.24. The van der Waals surface area contributed by atoms with Crippen LogP contribution in [-0.4, -0.2) is 16.1 Å². The molecule has 17 heavy (non-hydrogen) atoms. The van der Waals surface area contributed by atoms with Gasteiger partial charge in [0.1, 0.15) is 0 Å². The highest BCUT2D eigenvalue weighted by molar-refractivity contribution is 5.25. The maximum atomic E-state index is 4.40. The quantitative estimate of drug-likeness (QED) is 0.846. The van der Waals surface area contributed by atoms with Crippen LogP contribution in [-0.2, 0) is 6.54 Å². The largest absolute Gasteiger partial charge is 0.355 e. The molecule has 3 heteroatoms. The first-order valence-corrected chi connectivity index (χ1v) is 7.06. The Morgan fingerprint density at radius 1 is 1.41 bits per heavy atom. The molecule has 2 atom stereocenters. The van der Waals surface area contributed by atoms with Crippen molar-refractivity contribution in [1.29, 1.82) is 0 Å². The normalized spacial score (nSPS) is 24.8. The highest BCUT2D eigenvalue weighted by Gasteiger charge is 2.21. The first kappa shape index (κ1) is 12.5. The van der Waals surface area contributed by atoms with Crippen LogP contribution in [0.2, 0.25) is 0 Å². The summed E-state index contributed by atoms with van der Waals surface area (Å²) in [6, 6.07) is 0. The molecule has 1 aliphatic rings. The molecule has 1 aromatic rings. The van der Waals surface area contributed by atoms with Crippen LogP contribution in [0.25, 0.3) is 0 Å². The van der Waals surface area contributed by atoms with E-state index in [1.165, 1.54) is 25.7 Å². The Balaban J connectivity index is 1.86. The molecule has 1 aromatic heterocycles. The topological polar surface area (TPSA) is 29.9 Å². The monoisotopic (exact) mass is 235 g/mol. The van der Waals surface area contributed by atoms with Crippen molar-refractivity contribution in [1.82, 2.24) is 9.55 Å². The van der Waals surface area contributed by atoms with Gasteiger partial charge in [0, 0.05) is 25.5 Å². The van der Waals surface area contributed by atoms with Gasteiger partial charge in [0.05, 0.1) is 0 Å². The number of hydrogen-bond donors (Lipinski definition) is 1. The third-order valence-corrected chi connectivity index (χ3v) is 3.99. The average Bonchev–Trinajstić information content (AvgIpc) is 2.76. The van der Waals surface area contributed by atoms with Crippen LogP contribution >= 0.6 is 0 Å². The fourth-order valence-corrected chi connectivity index (χ4v) is 2.82. The number of hydrogen-bond acceptors (Lipinski definition) is 2. The molecule has 2 unspecified atom stereocenters. The van der Waals surface area contributed by atoms with E-state index in [1.807, 2.05) is 6.20 Å². The van der Waals surface area contributed by atoms with Crippen LogP contribution in [0.5, 0.6) is 0 Å². The average molecular weight is 235 g/mol. The lowest BCUT2D eigenvalue weighted by molar-refractivity contribution is 0.268. The Morgan fingerprint density at radius 3 is 3.00 bits per heavy atom. The molecule has 1 saturated carbocycles. The van der Waals surface area contributed by atoms with E-state index in [2.05, 4.69) is 34.9 Å². The summed E-state index contributed by atoms with van der Waals surface area (Å²) >= 11 is 0. The highest BCUT2D eigenvalue weighted by Crippen LogP contribution is 2.29. The van der Waals surface area contributed by atoms with Gasteiger partial charge >= 0.3 is 0 Å². The second-order valence-electron chi connectivity index (χ2n) is 5.35. The van der Waals surface area contributed by atoms with Gasteiger partial charge in [-0.1, -0.05) is 33.1 Å². The number of anilines is 1. The van der Waals surface area contributed by atoms with Gasteiger partial charge < -0.3 is 9.88 Å². The molecule has 1 fully saturated rings. The van der Waals surface area contributed by atoms with E-state index in [4.69, 9.17) is 0 Å². The van der Waals surface area contributed by atoms with E-state index in [9.17, 15) is 0 Å². The Hall–Kier alpha value is -0.990. The molecule has 1 N–H and O–H groups in total. The number of aromatic nitrogens is 2. The second kappa shape index (κ2) is 6.08. The molecule has 0 amide bonds. The van der Waals surface area contributed by atoms with Crippen LogP contribution in [0.1, 0.15) is 46.0 Å². The van der Waals surface area contributed by atoms with Gasteiger partial charge in [0.25, 0.3) is 0 Å². The molecule has 0 aliphatic heterocycles. The lowest BCUT2D eigenvalue weighted by Gasteiger charge is -2.29. The lowest BCUT2D eigenvalue weighted by atomic mass is 9.80. The van der Waals surface area contributed by atoms with Crippen molar-refractivity contribution in [2.45, 2.75) is 52.5 Å². The number of nitrogens with one attached hydrogen (secondary N) is 1. The standard InChI is InChI=1S/C14H25N3/c1-3-9-17-10-8-15-14(17)16-11-13-7-5-4-6-12(13)2/h8,10,12-13H,3-7,9,11H2,1-2H3,(H,15,16). The van der Waals surface area contributed by atoms with Crippen LogP contribution in [0.3, 0.4) is 0 Å². The predicted octanol–water partition coefficient (Wildman–Crippen LogP) is 3.53. The molecule has 0 spiro atoms. The molecular weight excluding hydrogens is 210 g/mol. The maximum Gasteiger partial charge on any atom is 0.202 e. The number of nitrogens with zero attached hydrogens (tertiary/aromatic N) is 2. The SMILES string of the molecule is CCCn1ccnc1NCC1CCCCC1C. The van der Waals surface area contributed by atoms with Crippen molar-refractivity contribution in [2.75, 3.05) is 11.9 Å². The summed E-state index contributed by atoms with van der Waals surface area (Å²) in [6.07, 6.45) is 10.7. The van der Waals surface area contributed by atoms with Crippen LogP contribution in [0.15, 0.2) is 12.4 Å². The summed E-state index contributed by atoms with van der Waals surface area (Å²) in [4.78, 5) is 4.40. The molecule has 96 valence electrons. The number of imidazole rings is 1. The van der Waals surface area contributed by atoms with Gasteiger partial charge in [0.15, 0.2) is 0 Å². The van der Waals surface area contributed by atoms with Gasteiger partial charge in [0.2, 0.25) is 5.95 Å². The summed E-state index contributed by atoms with van der Waals surface area (Å²) in [7, 11) is 0. The predicted molar refractivity (Wildman–Crippen MR) is 72.1 cm³/mol. The van der Waals surface area contributed by atoms with Gasteiger partial charge in [-0.05, 0) is 24.7 Å². The van der Waals surface area contributed by atoms with E-state index in [1.54, 1.807) is 0 Å². The Kier molecular flexibility index (Phi) is 4.46. The first-order valence-electron chi connectivity index (χ1n) is 7.06. The summed E-state index contributed by atoms with van der Waals surface area (Å²) in [5.41, 5.74) is 0. The van der Waals surface area contributed by atoms with Crippen molar-refractivity contribution in [3.05, 3.63) is 12.4 Å². The molecular formula is C14H25N3. The summed E-state index contributed by atoms with van der Waals surface area (Å²) < 4.78 is 2.22. The van der Waals surface area contributed by atoms with Crippen molar-refractivity contribution in [3.63, 3.8) is 0 Å².